The number of nitrogens with one attached hydrogen (secondary N) is 1. The molecule has 1 aliphatic rings. The van der Waals surface area contributed by atoms with E-state index in [1.165, 1.54) is 12.7 Å². The largest absolute Gasteiger partial charge is 0.478 e. The van der Waals surface area contributed by atoms with E-state index in [-0.39, 0.29) is 0 Å². The van der Waals surface area contributed by atoms with E-state index < -0.39 is 0 Å². The molecular weight excluding hydrogens is 206 g/mol. The second-order valence-corrected chi connectivity index (χ2v) is 3.80. The van der Waals surface area contributed by atoms with E-state index in [2.05, 4.69) is 15.3 Å². The van der Waals surface area contributed by atoms with E-state index in [1.54, 1.807) is 6.07 Å². The number of nitrogens with zero attached hydrogens (tertiary/aromatic N) is 2. The van der Waals surface area contributed by atoms with Gasteiger partial charge in [0.05, 0.1) is 19.3 Å². The van der Waals surface area contributed by atoms with E-state index >= 15 is 0 Å². The van der Waals surface area contributed by atoms with Crippen LogP contribution in [0.4, 0.5) is 0 Å². The molecule has 0 radical (unpaired) electrons. The SMILES string of the molecule is CCOc1cc(OCC2CCNC2)ncn1. The average molecular weight is 223 g/mol. The first kappa shape index (κ1) is 11.1. The van der Waals surface area contributed by atoms with Crippen LogP contribution in [0.15, 0.2) is 12.4 Å². The Bertz CT molecular complexity index is 327. The second kappa shape index (κ2) is 5.65. The molecule has 1 unspecified atom stereocenters. The normalized spacial score (nSPS) is 19.7. The van der Waals surface area contributed by atoms with E-state index in [9.17, 15) is 0 Å². The van der Waals surface area contributed by atoms with E-state index in [0.29, 0.717) is 30.9 Å². The Morgan fingerprint density at radius 2 is 2.19 bits per heavy atom. The molecule has 1 aromatic rings. The van der Waals surface area contributed by atoms with Gasteiger partial charge in [-0.2, -0.15) is 0 Å². The van der Waals surface area contributed by atoms with Crippen molar-refractivity contribution in [2.75, 3.05) is 26.3 Å². The molecule has 2 rings (SSSR count). The Labute approximate surface area is 95.2 Å². The van der Waals surface area contributed by atoms with Gasteiger partial charge in [-0.3, -0.25) is 0 Å². The van der Waals surface area contributed by atoms with Gasteiger partial charge in [-0.1, -0.05) is 0 Å². The van der Waals surface area contributed by atoms with E-state index in [0.717, 1.165) is 13.1 Å². The molecule has 1 aliphatic heterocycles. The Morgan fingerprint density at radius 1 is 1.38 bits per heavy atom. The second-order valence-electron chi connectivity index (χ2n) is 3.80. The van der Waals surface area contributed by atoms with Crippen LogP contribution >= 0.6 is 0 Å². The molecule has 0 amide bonds. The minimum absolute atomic E-state index is 0.567. The molecule has 5 heteroatoms. The number of aromatic nitrogens is 2. The number of rotatable bonds is 5. The average Bonchev–Trinajstić information content (AvgIpc) is 2.80. The van der Waals surface area contributed by atoms with Gasteiger partial charge in [0.1, 0.15) is 6.33 Å². The van der Waals surface area contributed by atoms with Gasteiger partial charge in [-0.05, 0) is 19.9 Å². The van der Waals surface area contributed by atoms with Gasteiger partial charge in [-0.15, -0.1) is 0 Å². The van der Waals surface area contributed by atoms with Gasteiger partial charge in [0, 0.05) is 12.5 Å². The van der Waals surface area contributed by atoms with Gasteiger partial charge >= 0.3 is 0 Å². The van der Waals surface area contributed by atoms with Crippen LogP contribution in [-0.2, 0) is 0 Å². The summed E-state index contributed by atoms with van der Waals surface area (Å²) in [6.07, 6.45) is 2.64. The summed E-state index contributed by atoms with van der Waals surface area (Å²) in [5, 5.41) is 3.30. The maximum absolute atomic E-state index is 5.61. The van der Waals surface area contributed by atoms with Crippen molar-refractivity contribution in [3.05, 3.63) is 12.4 Å². The molecule has 1 atom stereocenters. The van der Waals surface area contributed by atoms with Crippen LogP contribution in [0.5, 0.6) is 11.8 Å². The van der Waals surface area contributed by atoms with Crippen LogP contribution in [-0.4, -0.2) is 36.3 Å². The summed E-state index contributed by atoms with van der Waals surface area (Å²) < 4.78 is 10.9. The van der Waals surface area contributed by atoms with Crippen molar-refractivity contribution in [3.8, 4) is 11.8 Å². The molecule has 0 aliphatic carbocycles. The third-order valence-electron chi connectivity index (χ3n) is 2.54. The molecule has 16 heavy (non-hydrogen) atoms. The predicted octanol–water partition coefficient (Wildman–Crippen LogP) is 0.864. The highest BCUT2D eigenvalue weighted by Gasteiger charge is 2.15. The zero-order valence-electron chi connectivity index (χ0n) is 9.48. The van der Waals surface area contributed by atoms with Crippen LogP contribution in [0.1, 0.15) is 13.3 Å². The number of hydrogen-bond acceptors (Lipinski definition) is 5. The molecule has 88 valence electrons. The third-order valence-corrected chi connectivity index (χ3v) is 2.54. The first-order chi connectivity index (χ1) is 7.88. The summed E-state index contributed by atoms with van der Waals surface area (Å²) in [6.45, 7) is 5.34. The van der Waals surface area contributed by atoms with Gasteiger partial charge in [0.15, 0.2) is 0 Å². The van der Waals surface area contributed by atoms with Crippen molar-refractivity contribution >= 4 is 0 Å². The van der Waals surface area contributed by atoms with Crippen LogP contribution in [0, 0.1) is 5.92 Å². The van der Waals surface area contributed by atoms with Gasteiger partial charge < -0.3 is 14.8 Å². The van der Waals surface area contributed by atoms with E-state index in [4.69, 9.17) is 9.47 Å². The van der Waals surface area contributed by atoms with Gasteiger partial charge in [0.25, 0.3) is 0 Å². The zero-order valence-corrected chi connectivity index (χ0v) is 9.48. The highest BCUT2D eigenvalue weighted by atomic mass is 16.5. The zero-order chi connectivity index (χ0) is 11.2. The summed E-state index contributed by atoms with van der Waals surface area (Å²) in [4.78, 5) is 8.03. The number of ether oxygens (including phenoxy) is 2. The Balaban J connectivity index is 1.85. The highest BCUT2D eigenvalue weighted by Crippen LogP contribution is 2.15. The molecule has 1 N–H and O–H groups in total. The van der Waals surface area contributed by atoms with Crippen molar-refractivity contribution in [1.29, 1.82) is 0 Å². The maximum Gasteiger partial charge on any atom is 0.220 e. The quantitative estimate of drug-likeness (QED) is 0.802. The minimum atomic E-state index is 0.567. The fourth-order valence-electron chi connectivity index (χ4n) is 1.69. The lowest BCUT2D eigenvalue weighted by Crippen LogP contribution is -2.15. The Kier molecular flexibility index (Phi) is 3.93. The molecule has 5 nitrogen and oxygen atoms in total. The topological polar surface area (TPSA) is 56.3 Å². The van der Waals surface area contributed by atoms with Crippen molar-refractivity contribution in [2.24, 2.45) is 5.92 Å². The first-order valence-electron chi connectivity index (χ1n) is 5.67. The van der Waals surface area contributed by atoms with Crippen molar-refractivity contribution < 1.29 is 9.47 Å². The fraction of sp³-hybridized carbons (Fsp3) is 0.636. The number of hydrogen-bond donors (Lipinski definition) is 1. The summed E-state index contributed by atoms with van der Waals surface area (Å²) in [5.74, 6) is 1.74. The standard InChI is InChI=1S/C11H17N3O2/c1-2-15-10-5-11(14-8-13-10)16-7-9-3-4-12-6-9/h5,8-9,12H,2-4,6-7H2,1H3. The summed E-state index contributed by atoms with van der Waals surface area (Å²) >= 11 is 0. The van der Waals surface area contributed by atoms with Crippen LogP contribution < -0.4 is 14.8 Å². The molecule has 0 saturated carbocycles. The maximum atomic E-state index is 5.61. The van der Waals surface area contributed by atoms with Gasteiger partial charge in [-0.25, -0.2) is 9.97 Å². The fourth-order valence-corrected chi connectivity index (χ4v) is 1.69. The Morgan fingerprint density at radius 3 is 2.88 bits per heavy atom. The summed E-state index contributed by atoms with van der Waals surface area (Å²) in [5.41, 5.74) is 0. The van der Waals surface area contributed by atoms with Gasteiger partial charge in [0.2, 0.25) is 11.8 Å². The molecule has 0 bridgehead atoms. The van der Waals surface area contributed by atoms with Crippen LogP contribution in [0.25, 0.3) is 0 Å². The monoisotopic (exact) mass is 223 g/mol. The minimum Gasteiger partial charge on any atom is -0.478 e. The lowest BCUT2D eigenvalue weighted by molar-refractivity contribution is 0.247. The first-order valence-corrected chi connectivity index (χ1v) is 5.67. The highest BCUT2D eigenvalue weighted by molar-refractivity contribution is 5.18. The molecule has 1 saturated heterocycles. The summed E-state index contributed by atoms with van der Waals surface area (Å²) in [7, 11) is 0. The molecule has 1 aromatic heterocycles. The van der Waals surface area contributed by atoms with Crippen LogP contribution in [0.2, 0.25) is 0 Å². The molecule has 0 spiro atoms. The van der Waals surface area contributed by atoms with Crippen molar-refractivity contribution in [2.45, 2.75) is 13.3 Å². The molecule has 2 heterocycles. The van der Waals surface area contributed by atoms with Crippen LogP contribution in [0.3, 0.4) is 0 Å². The molecule has 1 fully saturated rings. The predicted molar refractivity (Wildman–Crippen MR) is 59.7 cm³/mol. The Hall–Kier alpha value is -1.36. The third kappa shape index (κ3) is 3.06. The van der Waals surface area contributed by atoms with Crippen molar-refractivity contribution in [1.82, 2.24) is 15.3 Å². The lowest BCUT2D eigenvalue weighted by atomic mass is 10.1. The lowest BCUT2D eigenvalue weighted by Gasteiger charge is -2.10. The smallest absolute Gasteiger partial charge is 0.220 e. The van der Waals surface area contributed by atoms with E-state index in [1.807, 2.05) is 6.92 Å². The molecular formula is C11H17N3O2. The molecule has 0 aromatic carbocycles. The van der Waals surface area contributed by atoms with Crippen molar-refractivity contribution in [3.63, 3.8) is 0 Å². The summed E-state index contributed by atoms with van der Waals surface area (Å²) in [6, 6.07) is 1.73.